The van der Waals surface area contributed by atoms with Gasteiger partial charge in [0.15, 0.2) is 0 Å². The fourth-order valence-corrected chi connectivity index (χ4v) is 5.27. The van der Waals surface area contributed by atoms with E-state index >= 15 is 0 Å². The molecule has 6 nitrogen and oxygen atoms in total. The molecule has 0 radical (unpaired) electrons. The van der Waals surface area contributed by atoms with Gasteiger partial charge in [0.1, 0.15) is 5.75 Å². The van der Waals surface area contributed by atoms with Crippen molar-refractivity contribution in [2.45, 2.75) is 24.2 Å². The number of esters is 1. The normalized spacial score (nSPS) is 13.2. The van der Waals surface area contributed by atoms with Gasteiger partial charge in [-0.1, -0.05) is 30.3 Å². The summed E-state index contributed by atoms with van der Waals surface area (Å²) in [5, 5.41) is 0. The molecular weight excluding hydrogens is 390 g/mol. The largest absolute Gasteiger partial charge is 0.497 e. The van der Waals surface area contributed by atoms with Gasteiger partial charge in [-0.3, -0.25) is 0 Å². The first-order valence-electron chi connectivity index (χ1n) is 9.28. The summed E-state index contributed by atoms with van der Waals surface area (Å²) in [5.41, 5.74) is 3.39. The number of carbonyl (C=O) groups is 1. The second kappa shape index (κ2) is 7.40. The average Bonchev–Trinajstić information content (AvgIpc) is 3.03. The number of fused-ring (bicyclic) bond motifs is 3. The minimum Gasteiger partial charge on any atom is -0.497 e. The van der Waals surface area contributed by atoms with Gasteiger partial charge in [0.05, 0.1) is 30.4 Å². The van der Waals surface area contributed by atoms with Crippen LogP contribution in [0.15, 0.2) is 59.6 Å². The van der Waals surface area contributed by atoms with Gasteiger partial charge in [0, 0.05) is 17.8 Å². The Kier molecular flexibility index (Phi) is 4.92. The summed E-state index contributed by atoms with van der Waals surface area (Å²) >= 11 is 0. The molecule has 1 heterocycles. The molecule has 0 saturated carbocycles. The number of hydrogen-bond acceptors (Lipinski definition) is 5. The Morgan fingerprint density at radius 3 is 2.59 bits per heavy atom. The minimum atomic E-state index is -3.96. The van der Waals surface area contributed by atoms with E-state index in [9.17, 15) is 13.2 Å². The molecule has 0 amide bonds. The molecule has 150 valence electrons. The fourth-order valence-electron chi connectivity index (χ4n) is 3.83. The lowest BCUT2D eigenvalue weighted by Crippen LogP contribution is -2.14. The number of benzene rings is 2. The number of aryl methyl sites for hydroxylation is 1. The Hall–Kier alpha value is -3.06. The third-order valence-electron chi connectivity index (χ3n) is 5.23. The van der Waals surface area contributed by atoms with Crippen molar-refractivity contribution in [1.82, 2.24) is 3.97 Å². The van der Waals surface area contributed by atoms with Crippen LogP contribution in [0.2, 0.25) is 0 Å². The molecule has 0 fully saturated rings. The number of rotatable bonds is 4. The lowest BCUT2D eigenvalue weighted by atomic mass is 10.0. The first-order valence-corrected chi connectivity index (χ1v) is 10.7. The van der Waals surface area contributed by atoms with Gasteiger partial charge in [-0.15, -0.1) is 0 Å². The van der Waals surface area contributed by atoms with Crippen LogP contribution >= 0.6 is 0 Å². The van der Waals surface area contributed by atoms with E-state index in [1.54, 1.807) is 12.1 Å². The molecule has 1 aliphatic rings. The highest BCUT2D eigenvalue weighted by atomic mass is 32.2. The molecule has 0 N–H and O–H groups in total. The molecule has 0 unspecified atom stereocenters. The molecule has 0 saturated heterocycles. The van der Waals surface area contributed by atoms with Crippen molar-refractivity contribution in [3.63, 3.8) is 0 Å². The number of ether oxygens (including phenoxy) is 2. The molecule has 3 aromatic rings. The Labute approximate surface area is 169 Å². The standard InChI is InChI=1S/C22H21NO5S/c1-27-16-9-6-10-17(13-16)29(25,26)23-14-20(22(24)28-2)19-12-5-8-15-7-3-4-11-18(15)21(19)23/h3-4,6-7,9-11,13-14H,5,8,12H2,1-2H3. The SMILES string of the molecule is COC(=O)c1cn(S(=O)(=O)c2cccc(OC)c2)c2c1CCCc1ccccc1-2. The van der Waals surface area contributed by atoms with E-state index in [-0.39, 0.29) is 10.5 Å². The van der Waals surface area contributed by atoms with Crippen LogP contribution in [0, 0.1) is 0 Å². The molecule has 7 heteroatoms. The summed E-state index contributed by atoms with van der Waals surface area (Å²) in [6.45, 7) is 0. The first kappa shape index (κ1) is 19.3. The number of nitrogens with zero attached hydrogens (tertiary/aromatic N) is 1. The molecule has 0 atom stereocenters. The van der Waals surface area contributed by atoms with E-state index in [0.29, 0.717) is 23.4 Å². The molecular formula is C22H21NO5S. The lowest BCUT2D eigenvalue weighted by molar-refractivity contribution is 0.0599. The van der Waals surface area contributed by atoms with Gasteiger partial charge >= 0.3 is 5.97 Å². The summed E-state index contributed by atoms with van der Waals surface area (Å²) in [4.78, 5) is 12.5. The van der Waals surface area contributed by atoms with Crippen LogP contribution in [0.25, 0.3) is 11.3 Å². The molecule has 0 spiro atoms. The highest BCUT2D eigenvalue weighted by Crippen LogP contribution is 2.38. The predicted octanol–water partition coefficient (Wildman–Crippen LogP) is 3.68. The number of aromatic nitrogens is 1. The quantitative estimate of drug-likeness (QED) is 0.613. The summed E-state index contributed by atoms with van der Waals surface area (Å²) in [6, 6.07) is 14.0. The van der Waals surface area contributed by atoms with Crippen molar-refractivity contribution in [2.75, 3.05) is 14.2 Å². The third kappa shape index (κ3) is 3.21. The van der Waals surface area contributed by atoms with Crippen molar-refractivity contribution < 1.29 is 22.7 Å². The summed E-state index contributed by atoms with van der Waals surface area (Å²) < 4.78 is 38.5. The smallest absolute Gasteiger partial charge is 0.339 e. The maximum absolute atomic E-state index is 13.6. The Balaban J connectivity index is 2.03. The second-order valence-corrected chi connectivity index (χ2v) is 8.67. The zero-order valence-corrected chi connectivity index (χ0v) is 17.0. The van der Waals surface area contributed by atoms with E-state index in [4.69, 9.17) is 9.47 Å². The molecule has 1 aromatic heterocycles. The highest BCUT2D eigenvalue weighted by molar-refractivity contribution is 7.90. The molecule has 0 bridgehead atoms. The maximum atomic E-state index is 13.6. The van der Waals surface area contributed by atoms with Gasteiger partial charge in [0.25, 0.3) is 10.0 Å². The Morgan fingerprint density at radius 1 is 1.03 bits per heavy atom. The van der Waals surface area contributed by atoms with Crippen LogP contribution in [-0.2, 0) is 27.6 Å². The zero-order chi connectivity index (χ0) is 20.6. The average molecular weight is 411 g/mol. The Bertz CT molecular complexity index is 1190. The first-order chi connectivity index (χ1) is 14.0. The van der Waals surface area contributed by atoms with Crippen molar-refractivity contribution in [2.24, 2.45) is 0 Å². The lowest BCUT2D eigenvalue weighted by Gasteiger charge is -2.14. The van der Waals surface area contributed by atoms with E-state index in [1.807, 2.05) is 24.3 Å². The molecule has 1 aliphatic carbocycles. The van der Waals surface area contributed by atoms with Crippen molar-refractivity contribution in [3.8, 4) is 17.0 Å². The molecule has 2 aromatic carbocycles. The highest BCUT2D eigenvalue weighted by Gasteiger charge is 2.31. The summed E-state index contributed by atoms with van der Waals surface area (Å²) in [5.74, 6) is -0.0989. The van der Waals surface area contributed by atoms with Crippen LogP contribution in [0.4, 0.5) is 0 Å². The zero-order valence-electron chi connectivity index (χ0n) is 16.2. The van der Waals surface area contributed by atoms with Crippen LogP contribution < -0.4 is 4.74 Å². The number of carbonyl (C=O) groups excluding carboxylic acids is 1. The van der Waals surface area contributed by atoms with E-state index in [2.05, 4.69) is 0 Å². The molecule has 29 heavy (non-hydrogen) atoms. The fraction of sp³-hybridized carbons (Fsp3) is 0.227. The van der Waals surface area contributed by atoms with Gasteiger partial charge in [-0.2, -0.15) is 0 Å². The van der Waals surface area contributed by atoms with E-state index < -0.39 is 16.0 Å². The van der Waals surface area contributed by atoms with Gasteiger partial charge < -0.3 is 9.47 Å². The van der Waals surface area contributed by atoms with Crippen LogP contribution in [0.3, 0.4) is 0 Å². The van der Waals surface area contributed by atoms with Crippen molar-refractivity contribution in [1.29, 1.82) is 0 Å². The van der Waals surface area contributed by atoms with Crippen molar-refractivity contribution >= 4 is 16.0 Å². The van der Waals surface area contributed by atoms with E-state index in [0.717, 1.165) is 24.0 Å². The topological polar surface area (TPSA) is 74.6 Å². The second-order valence-electron chi connectivity index (χ2n) is 6.85. The van der Waals surface area contributed by atoms with Crippen LogP contribution in [0.1, 0.15) is 27.9 Å². The number of hydrogen-bond donors (Lipinski definition) is 0. The maximum Gasteiger partial charge on any atom is 0.339 e. The monoisotopic (exact) mass is 411 g/mol. The van der Waals surface area contributed by atoms with Crippen LogP contribution in [-0.4, -0.2) is 32.6 Å². The molecule has 4 rings (SSSR count). The van der Waals surface area contributed by atoms with Crippen LogP contribution in [0.5, 0.6) is 5.75 Å². The van der Waals surface area contributed by atoms with Gasteiger partial charge in [-0.25, -0.2) is 17.2 Å². The predicted molar refractivity (Wildman–Crippen MR) is 109 cm³/mol. The summed E-state index contributed by atoms with van der Waals surface area (Å²) in [7, 11) is -1.18. The van der Waals surface area contributed by atoms with Crippen molar-refractivity contribution in [3.05, 3.63) is 71.4 Å². The Morgan fingerprint density at radius 2 is 1.83 bits per heavy atom. The van der Waals surface area contributed by atoms with E-state index in [1.165, 1.54) is 36.5 Å². The minimum absolute atomic E-state index is 0.0905. The van der Waals surface area contributed by atoms with Gasteiger partial charge in [-0.05, 0) is 42.5 Å². The summed E-state index contributed by atoms with van der Waals surface area (Å²) in [6.07, 6.45) is 3.60. The molecule has 0 aliphatic heterocycles. The van der Waals surface area contributed by atoms with Gasteiger partial charge in [0.2, 0.25) is 0 Å². The number of methoxy groups -OCH3 is 2. The third-order valence-corrected chi connectivity index (χ3v) is 6.88.